The molecule has 2 rings (SSSR count). The summed E-state index contributed by atoms with van der Waals surface area (Å²) in [5, 5.41) is 0.452. The summed E-state index contributed by atoms with van der Waals surface area (Å²) in [4.78, 5) is 51.2. The van der Waals surface area contributed by atoms with Crippen LogP contribution in [0.1, 0.15) is 11.1 Å². The van der Waals surface area contributed by atoms with Crippen LogP contribution in [0.25, 0.3) is 0 Å². The van der Waals surface area contributed by atoms with Gasteiger partial charge in [0.1, 0.15) is 50.9 Å². The molecular formula is C28H35ClN2O10. The van der Waals surface area contributed by atoms with Gasteiger partial charge in [-0.05, 0) is 43.2 Å². The molecule has 0 fully saturated rings. The van der Waals surface area contributed by atoms with E-state index >= 15 is 0 Å². The SMILES string of the molecule is COC(=O)CN(CC(=O)OC)c1ccccc1OCCOc1cc(C)c(Cl)c(C)c1N(CC(=O)OC)CC(=O)OC. The van der Waals surface area contributed by atoms with E-state index in [-0.39, 0.29) is 39.4 Å². The van der Waals surface area contributed by atoms with E-state index in [1.807, 2.05) is 0 Å². The lowest BCUT2D eigenvalue weighted by Crippen LogP contribution is -2.36. The first-order chi connectivity index (χ1) is 19.6. The zero-order valence-electron chi connectivity index (χ0n) is 24.0. The largest absolute Gasteiger partial charge is 0.488 e. The molecule has 0 aliphatic rings. The molecule has 0 amide bonds. The van der Waals surface area contributed by atoms with Crippen molar-refractivity contribution >= 4 is 46.9 Å². The van der Waals surface area contributed by atoms with E-state index in [0.717, 1.165) is 5.56 Å². The molecule has 2 aromatic carbocycles. The molecule has 0 aliphatic heterocycles. The quantitative estimate of drug-likeness (QED) is 0.171. The number of benzene rings is 2. The third-order valence-electron chi connectivity index (χ3n) is 5.92. The van der Waals surface area contributed by atoms with Crippen LogP contribution < -0.4 is 19.3 Å². The van der Waals surface area contributed by atoms with Gasteiger partial charge in [-0.1, -0.05) is 23.7 Å². The van der Waals surface area contributed by atoms with Crippen molar-refractivity contribution in [2.75, 3.05) is 77.6 Å². The van der Waals surface area contributed by atoms with Crippen LogP contribution in [0.4, 0.5) is 11.4 Å². The van der Waals surface area contributed by atoms with Gasteiger partial charge in [0.15, 0.2) is 0 Å². The Morgan fingerprint density at radius 2 is 1.12 bits per heavy atom. The molecule has 0 unspecified atom stereocenters. The molecule has 0 saturated heterocycles. The Bertz CT molecular complexity index is 1200. The molecule has 0 saturated carbocycles. The first-order valence-corrected chi connectivity index (χ1v) is 12.8. The molecule has 0 bridgehead atoms. The van der Waals surface area contributed by atoms with Crippen molar-refractivity contribution in [3.63, 3.8) is 0 Å². The molecule has 12 nitrogen and oxygen atoms in total. The molecule has 0 N–H and O–H groups in total. The van der Waals surface area contributed by atoms with Crippen LogP contribution in [0.2, 0.25) is 5.02 Å². The number of carbonyl (C=O) groups excluding carboxylic acids is 4. The molecule has 13 heteroatoms. The Morgan fingerprint density at radius 1 is 0.683 bits per heavy atom. The fourth-order valence-corrected chi connectivity index (χ4v) is 4.03. The summed E-state index contributed by atoms with van der Waals surface area (Å²) in [6.07, 6.45) is 0. The van der Waals surface area contributed by atoms with Gasteiger partial charge in [0.2, 0.25) is 0 Å². The van der Waals surface area contributed by atoms with Crippen molar-refractivity contribution in [2.24, 2.45) is 0 Å². The molecule has 2 aromatic rings. The highest BCUT2D eigenvalue weighted by molar-refractivity contribution is 6.32. The summed E-state index contributed by atoms with van der Waals surface area (Å²) in [6.45, 7) is 2.78. The number of anilines is 2. The number of rotatable bonds is 15. The number of nitrogens with zero attached hydrogens (tertiary/aromatic N) is 2. The number of halogens is 1. The maximum absolute atomic E-state index is 12.1. The van der Waals surface area contributed by atoms with Crippen LogP contribution in [0.3, 0.4) is 0 Å². The van der Waals surface area contributed by atoms with Gasteiger partial charge in [0, 0.05) is 5.02 Å². The van der Waals surface area contributed by atoms with E-state index in [0.29, 0.717) is 33.5 Å². The van der Waals surface area contributed by atoms with Crippen molar-refractivity contribution in [3.8, 4) is 11.5 Å². The van der Waals surface area contributed by atoms with Crippen molar-refractivity contribution in [2.45, 2.75) is 13.8 Å². The van der Waals surface area contributed by atoms with E-state index in [9.17, 15) is 19.2 Å². The van der Waals surface area contributed by atoms with Gasteiger partial charge in [-0.25, -0.2) is 0 Å². The van der Waals surface area contributed by atoms with Gasteiger partial charge < -0.3 is 38.2 Å². The molecule has 0 spiro atoms. The molecule has 41 heavy (non-hydrogen) atoms. The standard InChI is InChI=1S/C28H35ClN2O10/c1-18-13-22(28(19(2)27(18)29)31(16-25(34)38-5)17-26(35)39-6)41-12-11-40-21-10-8-7-9-20(21)30(14-23(32)36-3)15-24(33)37-4/h7-10,13H,11-12,14-17H2,1-6H3. The van der Waals surface area contributed by atoms with Crippen LogP contribution in [0.15, 0.2) is 30.3 Å². The number of para-hydroxylation sites is 2. The van der Waals surface area contributed by atoms with Crippen molar-refractivity contribution < 1.29 is 47.6 Å². The van der Waals surface area contributed by atoms with Crippen LogP contribution in [-0.4, -0.2) is 91.7 Å². The summed E-state index contributed by atoms with van der Waals surface area (Å²) >= 11 is 6.51. The smallest absolute Gasteiger partial charge is 0.325 e. The Morgan fingerprint density at radius 3 is 1.61 bits per heavy atom. The van der Waals surface area contributed by atoms with E-state index in [4.69, 9.17) is 40.0 Å². The van der Waals surface area contributed by atoms with E-state index in [2.05, 4.69) is 0 Å². The van der Waals surface area contributed by atoms with Gasteiger partial charge >= 0.3 is 23.9 Å². The zero-order valence-corrected chi connectivity index (χ0v) is 24.7. The number of hydrogen-bond acceptors (Lipinski definition) is 12. The lowest BCUT2D eigenvalue weighted by molar-refractivity contribution is -0.141. The molecule has 0 heterocycles. The molecule has 0 aromatic heterocycles. The summed E-state index contributed by atoms with van der Waals surface area (Å²) < 4.78 is 31.1. The minimum absolute atomic E-state index is 0.0557. The molecule has 224 valence electrons. The Labute approximate surface area is 243 Å². The number of esters is 4. The van der Waals surface area contributed by atoms with Gasteiger partial charge in [-0.2, -0.15) is 0 Å². The number of ether oxygens (including phenoxy) is 6. The normalized spacial score (nSPS) is 10.3. The van der Waals surface area contributed by atoms with Crippen LogP contribution in [0.5, 0.6) is 11.5 Å². The topological polar surface area (TPSA) is 130 Å². The maximum Gasteiger partial charge on any atom is 0.325 e. The Balaban J connectivity index is 2.29. The zero-order chi connectivity index (χ0) is 30.5. The fourth-order valence-electron chi connectivity index (χ4n) is 3.88. The van der Waals surface area contributed by atoms with Gasteiger partial charge in [-0.3, -0.25) is 19.2 Å². The van der Waals surface area contributed by atoms with Crippen LogP contribution in [-0.2, 0) is 38.1 Å². The number of aryl methyl sites for hydroxylation is 1. The highest BCUT2D eigenvalue weighted by Gasteiger charge is 2.24. The Hall–Kier alpha value is -4.19. The highest BCUT2D eigenvalue weighted by atomic mass is 35.5. The minimum atomic E-state index is -0.570. The second-order valence-electron chi connectivity index (χ2n) is 8.66. The van der Waals surface area contributed by atoms with Crippen LogP contribution >= 0.6 is 11.6 Å². The first-order valence-electron chi connectivity index (χ1n) is 12.5. The molecule has 0 aliphatic carbocycles. The first kappa shape index (κ1) is 33.0. The number of carbonyl (C=O) groups is 4. The second-order valence-corrected chi connectivity index (χ2v) is 9.04. The number of hydrogen-bond donors (Lipinski definition) is 0. The maximum atomic E-state index is 12.1. The van der Waals surface area contributed by atoms with E-state index < -0.39 is 23.9 Å². The van der Waals surface area contributed by atoms with Crippen molar-refractivity contribution in [1.82, 2.24) is 0 Å². The second kappa shape index (κ2) is 16.2. The fraction of sp³-hybridized carbons (Fsp3) is 0.429. The summed E-state index contributed by atoms with van der Waals surface area (Å²) in [5.41, 5.74) is 2.23. The van der Waals surface area contributed by atoms with Gasteiger partial charge in [-0.15, -0.1) is 0 Å². The lowest BCUT2D eigenvalue weighted by Gasteiger charge is -2.28. The number of methoxy groups -OCH3 is 4. The van der Waals surface area contributed by atoms with Crippen molar-refractivity contribution in [1.29, 1.82) is 0 Å². The lowest BCUT2D eigenvalue weighted by atomic mass is 10.1. The van der Waals surface area contributed by atoms with Crippen molar-refractivity contribution in [3.05, 3.63) is 46.5 Å². The summed E-state index contributed by atoms with van der Waals surface area (Å²) in [6, 6.07) is 8.57. The third-order valence-corrected chi connectivity index (χ3v) is 6.50. The van der Waals surface area contributed by atoms with Crippen LogP contribution in [0, 0.1) is 13.8 Å². The minimum Gasteiger partial charge on any atom is -0.488 e. The summed E-state index contributed by atoms with van der Waals surface area (Å²) in [7, 11) is 5.00. The molecular weight excluding hydrogens is 560 g/mol. The average Bonchev–Trinajstić information content (AvgIpc) is 2.97. The average molecular weight is 595 g/mol. The predicted octanol–water partition coefficient (Wildman–Crippen LogP) is 2.72. The Kier molecular flexibility index (Phi) is 13.0. The molecule has 0 radical (unpaired) electrons. The molecule has 0 atom stereocenters. The van der Waals surface area contributed by atoms with Gasteiger partial charge in [0.05, 0.1) is 39.8 Å². The monoisotopic (exact) mass is 594 g/mol. The highest BCUT2D eigenvalue weighted by Crippen LogP contribution is 2.39. The summed E-state index contributed by atoms with van der Waals surface area (Å²) in [5.74, 6) is -1.47. The van der Waals surface area contributed by atoms with Gasteiger partial charge in [0.25, 0.3) is 0 Å². The van der Waals surface area contributed by atoms with E-state index in [1.165, 1.54) is 38.2 Å². The van der Waals surface area contributed by atoms with E-state index in [1.54, 1.807) is 44.2 Å². The third kappa shape index (κ3) is 9.45. The predicted molar refractivity (Wildman–Crippen MR) is 151 cm³/mol.